The molecule has 0 bridgehead atoms. The van der Waals surface area contributed by atoms with Crippen LogP contribution in [0.25, 0.3) is 0 Å². The number of aryl methyl sites for hydroxylation is 2. The minimum atomic E-state index is -0.724. The third-order valence-corrected chi connectivity index (χ3v) is 3.12. The van der Waals surface area contributed by atoms with Crippen LogP contribution < -0.4 is 5.32 Å². The molecule has 0 aliphatic heterocycles. The van der Waals surface area contributed by atoms with Crippen molar-refractivity contribution < 1.29 is 14.3 Å². The van der Waals surface area contributed by atoms with Gasteiger partial charge in [-0.25, -0.2) is 0 Å². The third-order valence-electron chi connectivity index (χ3n) is 3.12. The van der Waals surface area contributed by atoms with Gasteiger partial charge in [0.2, 0.25) is 0 Å². The highest BCUT2D eigenvalue weighted by Gasteiger charge is 2.12. The number of nitrogens with one attached hydrogen (secondary N) is 1. The second kappa shape index (κ2) is 5.71. The molecule has 0 aliphatic carbocycles. The minimum Gasteiger partial charge on any atom is -0.459 e. The molecular formula is C15H17NO3. The molecule has 2 aromatic rings. The Labute approximate surface area is 112 Å². The van der Waals surface area contributed by atoms with Crippen molar-refractivity contribution in [2.24, 2.45) is 0 Å². The SMILES string of the molecule is Cc1ccc(C(O)CNC(=O)c2ccco2)cc1C. The summed E-state index contributed by atoms with van der Waals surface area (Å²) in [6, 6.07) is 8.99. The fourth-order valence-electron chi connectivity index (χ4n) is 1.77. The Hall–Kier alpha value is -2.07. The van der Waals surface area contributed by atoms with Crippen molar-refractivity contribution >= 4 is 5.91 Å². The molecule has 2 N–H and O–H groups in total. The first-order valence-corrected chi connectivity index (χ1v) is 6.15. The second-order valence-electron chi connectivity index (χ2n) is 4.55. The minimum absolute atomic E-state index is 0.155. The highest BCUT2D eigenvalue weighted by atomic mass is 16.3. The number of aliphatic hydroxyl groups excluding tert-OH is 1. The Kier molecular flexibility index (Phi) is 4.02. The van der Waals surface area contributed by atoms with Gasteiger partial charge < -0.3 is 14.8 Å². The van der Waals surface area contributed by atoms with E-state index in [1.54, 1.807) is 12.1 Å². The zero-order chi connectivity index (χ0) is 13.8. The van der Waals surface area contributed by atoms with E-state index >= 15 is 0 Å². The van der Waals surface area contributed by atoms with E-state index in [2.05, 4.69) is 5.32 Å². The highest BCUT2D eigenvalue weighted by Crippen LogP contribution is 2.16. The van der Waals surface area contributed by atoms with Crippen molar-refractivity contribution in [1.82, 2.24) is 5.32 Å². The molecule has 1 aromatic heterocycles. The van der Waals surface area contributed by atoms with Gasteiger partial charge in [-0.2, -0.15) is 0 Å². The molecule has 0 radical (unpaired) electrons. The maximum absolute atomic E-state index is 11.6. The summed E-state index contributed by atoms with van der Waals surface area (Å²) in [5.74, 6) is -0.0832. The predicted octanol–water partition coefficient (Wildman–Crippen LogP) is 2.36. The van der Waals surface area contributed by atoms with Gasteiger partial charge in [0.15, 0.2) is 5.76 Å². The number of rotatable bonds is 4. The van der Waals surface area contributed by atoms with E-state index in [1.165, 1.54) is 11.8 Å². The number of carbonyl (C=O) groups excluding carboxylic acids is 1. The Morgan fingerprint density at radius 3 is 2.74 bits per heavy atom. The van der Waals surface area contributed by atoms with Gasteiger partial charge in [-0.3, -0.25) is 4.79 Å². The lowest BCUT2D eigenvalue weighted by molar-refractivity contribution is 0.0889. The van der Waals surface area contributed by atoms with E-state index in [9.17, 15) is 9.90 Å². The highest BCUT2D eigenvalue weighted by molar-refractivity contribution is 5.91. The van der Waals surface area contributed by atoms with E-state index in [4.69, 9.17) is 4.42 Å². The molecule has 100 valence electrons. The Morgan fingerprint density at radius 2 is 2.11 bits per heavy atom. The zero-order valence-corrected chi connectivity index (χ0v) is 11.0. The number of hydrogen-bond acceptors (Lipinski definition) is 3. The summed E-state index contributed by atoms with van der Waals surface area (Å²) in [7, 11) is 0. The van der Waals surface area contributed by atoms with Crippen LogP contribution in [0.4, 0.5) is 0 Å². The molecule has 0 spiro atoms. The van der Waals surface area contributed by atoms with Crippen molar-refractivity contribution in [3.8, 4) is 0 Å². The van der Waals surface area contributed by atoms with Crippen LogP contribution in [0.15, 0.2) is 41.0 Å². The summed E-state index contributed by atoms with van der Waals surface area (Å²) in [6.07, 6.45) is 0.715. The van der Waals surface area contributed by atoms with Gasteiger partial charge in [0.1, 0.15) is 0 Å². The lowest BCUT2D eigenvalue weighted by atomic mass is 10.0. The Morgan fingerprint density at radius 1 is 1.32 bits per heavy atom. The molecule has 1 amide bonds. The molecule has 0 saturated carbocycles. The van der Waals surface area contributed by atoms with Crippen LogP contribution in [0, 0.1) is 13.8 Å². The molecule has 1 aromatic carbocycles. The van der Waals surface area contributed by atoms with Crippen molar-refractivity contribution in [3.63, 3.8) is 0 Å². The monoisotopic (exact) mass is 259 g/mol. The summed E-state index contributed by atoms with van der Waals surface area (Å²) in [4.78, 5) is 11.6. The van der Waals surface area contributed by atoms with Gasteiger partial charge in [0.25, 0.3) is 5.91 Å². The summed E-state index contributed by atoms with van der Waals surface area (Å²) in [5, 5.41) is 12.7. The second-order valence-corrected chi connectivity index (χ2v) is 4.55. The quantitative estimate of drug-likeness (QED) is 0.886. The first-order chi connectivity index (χ1) is 9.08. The zero-order valence-electron chi connectivity index (χ0n) is 11.0. The number of carbonyl (C=O) groups is 1. The average molecular weight is 259 g/mol. The normalized spacial score (nSPS) is 12.2. The molecular weight excluding hydrogens is 242 g/mol. The van der Waals surface area contributed by atoms with E-state index < -0.39 is 6.10 Å². The van der Waals surface area contributed by atoms with Crippen molar-refractivity contribution in [1.29, 1.82) is 0 Å². The Bertz CT molecular complexity index is 561. The van der Waals surface area contributed by atoms with Gasteiger partial charge >= 0.3 is 0 Å². The molecule has 19 heavy (non-hydrogen) atoms. The Balaban J connectivity index is 1.95. The molecule has 1 heterocycles. The number of benzene rings is 1. The van der Waals surface area contributed by atoms with Gasteiger partial charge in [-0.1, -0.05) is 18.2 Å². The van der Waals surface area contributed by atoms with E-state index in [1.807, 2.05) is 32.0 Å². The van der Waals surface area contributed by atoms with Gasteiger partial charge in [0, 0.05) is 6.54 Å². The lowest BCUT2D eigenvalue weighted by Crippen LogP contribution is -2.28. The molecule has 0 aliphatic rings. The van der Waals surface area contributed by atoms with Crippen molar-refractivity contribution in [3.05, 3.63) is 59.0 Å². The average Bonchev–Trinajstić information content (AvgIpc) is 2.92. The van der Waals surface area contributed by atoms with E-state index in [0.717, 1.165) is 11.1 Å². The number of aliphatic hydroxyl groups is 1. The van der Waals surface area contributed by atoms with Crippen LogP contribution in [-0.4, -0.2) is 17.6 Å². The fraction of sp³-hybridized carbons (Fsp3) is 0.267. The van der Waals surface area contributed by atoms with Crippen LogP contribution in [0.3, 0.4) is 0 Å². The van der Waals surface area contributed by atoms with Crippen LogP contribution >= 0.6 is 0 Å². The fourth-order valence-corrected chi connectivity index (χ4v) is 1.77. The third kappa shape index (κ3) is 3.23. The predicted molar refractivity (Wildman–Crippen MR) is 71.9 cm³/mol. The molecule has 2 rings (SSSR count). The topological polar surface area (TPSA) is 62.5 Å². The van der Waals surface area contributed by atoms with Crippen LogP contribution in [0.2, 0.25) is 0 Å². The van der Waals surface area contributed by atoms with Crippen molar-refractivity contribution in [2.45, 2.75) is 20.0 Å². The summed E-state index contributed by atoms with van der Waals surface area (Å²) in [6.45, 7) is 4.17. The number of amides is 1. The van der Waals surface area contributed by atoms with Crippen LogP contribution in [0.5, 0.6) is 0 Å². The largest absolute Gasteiger partial charge is 0.459 e. The molecule has 0 saturated heterocycles. The smallest absolute Gasteiger partial charge is 0.287 e. The first kappa shape index (κ1) is 13.4. The molecule has 4 nitrogen and oxygen atoms in total. The van der Waals surface area contributed by atoms with Gasteiger partial charge in [-0.05, 0) is 42.7 Å². The summed E-state index contributed by atoms with van der Waals surface area (Å²) in [5.41, 5.74) is 3.09. The number of hydrogen-bond donors (Lipinski definition) is 2. The van der Waals surface area contributed by atoms with Crippen LogP contribution in [-0.2, 0) is 0 Å². The van der Waals surface area contributed by atoms with E-state index in [-0.39, 0.29) is 18.2 Å². The molecule has 4 heteroatoms. The van der Waals surface area contributed by atoms with Crippen molar-refractivity contribution in [2.75, 3.05) is 6.54 Å². The first-order valence-electron chi connectivity index (χ1n) is 6.15. The van der Waals surface area contributed by atoms with Gasteiger partial charge in [0.05, 0.1) is 12.4 Å². The van der Waals surface area contributed by atoms with Gasteiger partial charge in [-0.15, -0.1) is 0 Å². The molecule has 1 atom stereocenters. The van der Waals surface area contributed by atoms with E-state index in [0.29, 0.717) is 0 Å². The summed E-state index contributed by atoms with van der Waals surface area (Å²) >= 11 is 0. The maximum Gasteiger partial charge on any atom is 0.287 e. The summed E-state index contributed by atoms with van der Waals surface area (Å²) < 4.78 is 4.97. The molecule has 0 fully saturated rings. The van der Waals surface area contributed by atoms with Crippen LogP contribution in [0.1, 0.15) is 33.3 Å². The number of furan rings is 1. The standard InChI is InChI=1S/C15H17NO3/c1-10-5-6-12(8-11(10)2)13(17)9-16-15(18)14-4-3-7-19-14/h3-8,13,17H,9H2,1-2H3,(H,16,18). The maximum atomic E-state index is 11.6. The lowest BCUT2D eigenvalue weighted by Gasteiger charge is -2.13. The molecule has 1 unspecified atom stereocenters.